The highest BCUT2D eigenvalue weighted by molar-refractivity contribution is 5.82. The zero-order valence-corrected chi connectivity index (χ0v) is 44.5. The first-order chi connectivity index (χ1) is 37.8. The Kier molecular flexibility index (Phi) is 22.5. The molecule has 79 heavy (non-hydrogen) atoms. The van der Waals surface area contributed by atoms with Crippen LogP contribution in [0.4, 0.5) is 0 Å². The first-order valence-corrected chi connectivity index (χ1v) is 27.9. The summed E-state index contributed by atoms with van der Waals surface area (Å²) in [5.74, 6) is -2.79. The Morgan fingerprint density at radius 3 is 1.51 bits per heavy atom. The van der Waals surface area contributed by atoms with Crippen molar-refractivity contribution in [1.29, 1.82) is 0 Å². The standard InChI is InChI=1S/C53H84O26/c1-69-33-15-23(3-11-29(33)57)5-13-39(59)71-21-37-42(62)45(65)48(68)52(77-37)79-50-46(66)43(63)38(22-72-40(60)14-6-24-4-12-30(58)34(16-24)70-2)78-53(50)75-35-19-28-31(73-49(35)25-7-9-26(55)10-8-25)17-27(56)18-32(28)74-51-47(67)44(64)41(61)36(20-54)76-51/h5-6,13-14,23-38,41-58,61-68H,3-4,7-12,15-22H2,1-2H3. The van der Waals surface area contributed by atoms with Gasteiger partial charge in [-0.15, -0.1) is 0 Å². The Balaban J connectivity index is 1.03. The highest BCUT2D eigenvalue weighted by Crippen LogP contribution is 2.45. The van der Waals surface area contributed by atoms with Crippen LogP contribution in [0.2, 0.25) is 0 Å². The Morgan fingerprint density at radius 1 is 0.468 bits per heavy atom. The maximum atomic E-state index is 13.2. The van der Waals surface area contributed by atoms with Crippen molar-refractivity contribution in [3.8, 4) is 0 Å². The molecule has 8 fully saturated rings. The van der Waals surface area contributed by atoms with Gasteiger partial charge in [-0.25, -0.2) is 9.59 Å². The molecule has 8 aliphatic rings. The van der Waals surface area contributed by atoms with E-state index in [9.17, 15) is 76.0 Å². The van der Waals surface area contributed by atoms with E-state index in [1.807, 2.05) is 0 Å². The Morgan fingerprint density at radius 2 is 0.962 bits per heavy atom. The number of ether oxygens (including phenoxy) is 11. The minimum Gasteiger partial charge on any atom is -0.460 e. The molecule has 0 radical (unpaired) electrons. The van der Waals surface area contributed by atoms with Crippen molar-refractivity contribution in [2.24, 2.45) is 23.7 Å². The molecule has 0 aromatic carbocycles. The van der Waals surface area contributed by atoms with Gasteiger partial charge in [-0.2, -0.15) is 0 Å². The van der Waals surface area contributed by atoms with Crippen LogP contribution in [0.25, 0.3) is 0 Å². The summed E-state index contributed by atoms with van der Waals surface area (Å²) < 4.78 is 65.8. The highest BCUT2D eigenvalue weighted by Gasteiger charge is 2.56. The molecule has 4 aliphatic carbocycles. The Bertz CT molecular complexity index is 1970. The molecule has 4 heterocycles. The van der Waals surface area contributed by atoms with E-state index in [1.54, 1.807) is 12.2 Å². The average Bonchev–Trinajstić information content (AvgIpc) is 3.47. The predicted molar refractivity (Wildman–Crippen MR) is 264 cm³/mol. The van der Waals surface area contributed by atoms with E-state index < -0.39 is 191 Å². The lowest BCUT2D eigenvalue weighted by molar-refractivity contribution is -0.380. The van der Waals surface area contributed by atoms with E-state index in [2.05, 4.69) is 0 Å². The number of rotatable bonds is 18. The normalized spacial score (nSPS) is 48.1. The highest BCUT2D eigenvalue weighted by atomic mass is 16.8. The summed E-state index contributed by atoms with van der Waals surface area (Å²) in [6.07, 6.45) is -22.8. The van der Waals surface area contributed by atoms with E-state index >= 15 is 0 Å². The van der Waals surface area contributed by atoms with Gasteiger partial charge in [-0.3, -0.25) is 0 Å². The fourth-order valence-electron chi connectivity index (χ4n) is 12.6. The van der Waals surface area contributed by atoms with Gasteiger partial charge in [0.1, 0.15) is 86.5 Å². The largest absolute Gasteiger partial charge is 0.460 e. The molecule has 4 aliphatic heterocycles. The van der Waals surface area contributed by atoms with Crippen LogP contribution in [0, 0.1) is 23.7 Å². The van der Waals surface area contributed by atoms with Crippen LogP contribution in [-0.2, 0) is 61.7 Å². The van der Waals surface area contributed by atoms with E-state index in [-0.39, 0.29) is 37.0 Å². The molecule has 4 saturated carbocycles. The van der Waals surface area contributed by atoms with Crippen LogP contribution in [0.5, 0.6) is 0 Å². The minimum atomic E-state index is -2.02. The average molecular weight is 1140 g/mol. The molecule has 0 aromatic rings. The molecule has 13 N–H and O–H groups in total. The van der Waals surface area contributed by atoms with Crippen LogP contribution < -0.4 is 0 Å². The maximum Gasteiger partial charge on any atom is 0.330 e. The van der Waals surface area contributed by atoms with Crippen molar-refractivity contribution in [2.75, 3.05) is 34.0 Å². The second-order valence-corrected chi connectivity index (χ2v) is 22.7. The van der Waals surface area contributed by atoms with Crippen molar-refractivity contribution in [2.45, 2.75) is 237 Å². The number of aliphatic hydroxyl groups excluding tert-OH is 13. The van der Waals surface area contributed by atoms with Gasteiger partial charge in [0.25, 0.3) is 0 Å². The number of hydrogen-bond acceptors (Lipinski definition) is 26. The van der Waals surface area contributed by atoms with Crippen LogP contribution >= 0.6 is 0 Å². The van der Waals surface area contributed by atoms with Crippen LogP contribution in [0.1, 0.15) is 83.5 Å². The summed E-state index contributed by atoms with van der Waals surface area (Å²) in [6, 6.07) is 0. The van der Waals surface area contributed by atoms with Crippen molar-refractivity contribution in [3.05, 3.63) is 24.3 Å². The number of aliphatic hydroxyl groups is 13. The molecule has 0 aromatic heterocycles. The monoisotopic (exact) mass is 1140 g/mol. The summed E-state index contributed by atoms with van der Waals surface area (Å²) >= 11 is 0. The number of esters is 2. The number of fused-ring (bicyclic) bond motifs is 1. The quantitative estimate of drug-likeness (QED) is 0.0463. The number of carbonyl (C=O) groups is 2. The summed E-state index contributed by atoms with van der Waals surface area (Å²) in [5.41, 5.74) is 0. The van der Waals surface area contributed by atoms with Gasteiger partial charge in [-0.05, 0) is 94.8 Å². The molecule has 26 nitrogen and oxygen atoms in total. The molecule has 26 heteroatoms. The van der Waals surface area contributed by atoms with Gasteiger partial charge in [0, 0.05) is 38.7 Å². The van der Waals surface area contributed by atoms with Crippen LogP contribution in [0.15, 0.2) is 24.3 Å². The Labute approximate surface area is 457 Å². The third kappa shape index (κ3) is 15.3. The molecule has 4 saturated heterocycles. The van der Waals surface area contributed by atoms with Crippen LogP contribution in [0.3, 0.4) is 0 Å². The molecular weight excluding hydrogens is 1050 g/mol. The maximum absolute atomic E-state index is 13.2. The van der Waals surface area contributed by atoms with Crippen molar-refractivity contribution >= 4 is 11.9 Å². The fourth-order valence-corrected chi connectivity index (χ4v) is 12.6. The first kappa shape index (κ1) is 62.6. The summed E-state index contributed by atoms with van der Waals surface area (Å²) in [7, 11) is 2.98. The summed E-state index contributed by atoms with van der Waals surface area (Å²) in [5, 5.41) is 141. The van der Waals surface area contributed by atoms with Crippen molar-refractivity contribution in [1.82, 2.24) is 0 Å². The molecule has 0 spiro atoms. The molecule has 27 atom stereocenters. The van der Waals surface area contributed by atoms with Gasteiger partial charge in [0.15, 0.2) is 18.9 Å². The molecule has 0 amide bonds. The summed E-state index contributed by atoms with van der Waals surface area (Å²) in [4.78, 5) is 26.1. The molecule has 27 unspecified atom stereocenters. The molecular formula is C53H84O26. The van der Waals surface area contributed by atoms with Crippen molar-refractivity contribution in [3.63, 3.8) is 0 Å². The van der Waals surface area contributed by atoms with E-state index in [4.69, 9.17) is 52.1 Å². The summed E-state index contributed by atoms with van der Waals surface area (Å²) in [6.45, 7) is -2.00. The van der Waals surface area contributed by atoms with Crippen LogP contribution in [-0.4, -0.2) is 266 Å². The van der Waals surface area contributed by atoms with Gasteiger partial charge < -0.3 is 118 Å². The number of methoxy groups -OCH3 is 2. The lowest BCUT2D eigenvalue weighted by Gasteiger charge is -2.52. The lowest BCUT2D eigenvalue weighted by atomic mass is 9.73. The Hall–Kier alpha value is -2.46. The van der Waals surface area contributed by atoms with E-state index in [0.717, 1.165) is 0 Å². The van der Waals surface area contributed by atoms with Gasteiger partial charge >= 0.3 is 11.9 Å². The number of allylic oxidation sites excluding steroid dienone is 2. The van der Waals surface area contributed by atoms with Gasteiger partial charge in [0.2, 0.25) is 0 Å². The number of carbonyl (C=O) groups excluding carboxylic acids is 2. The van der Waals surface area contributed by atoms with E-state index in [1.165, 1.54) is 26.4 Å². The second kappa shape index (κ2) is 28.4. The molecule has 452 valence electrons. The first-order valence-electron chi connectivity index (χ1n) is 27.9. The van der Waals surface area contributed by atoms with E-state index in [0.29, 0.717) is 64.2 Å². The SMILES string of the molecule is COC1CC(C=CC(=O)OCC2OC(OC3C(OC4CC5C(OC6OC(CO)C(O)C(O)C6O)CC(O)CC5OC4C4CCC(O)CC4)OC(COC(=O)C=CC4CCC(O)C(OC)C4)C(O)C3O)C(O)C(O)C2O)CCC1O. The zero-order valence-electron chi connectivity index (χ0n) is 44.5. The molecule has 8 rings (SSSR count). The smallest absolute Gasteiger partial charge is 0.330 e. The fraction of sp³-hybridized carbons (Fsp3) is 0.887. The molecule has 0 bridgehead atoms. The van der Waals surface area contributed by atoms with Gasteiger partial charge in [0.05, 0.1) is 67.6 Å². The third-order valence-electron chi connectivity index (χ3n) is 17.4. The topological polar surface area (TPSA) is 399 Å². The second-order valence-electron chi connectivity index (χ2n) is 22.7. The number of hydrogen-bond donors (Lipinski definition) is 13. The lowest BCUT2D eigenvalue weighted by Crippen LogP contribution is -2.66. The predicted octanol–water partition coefficient (Wildman–Crippen LogP) is -3.77. The van der Waals surface area contributed by atoms with Gasteiger partial charge in [-0.1, -0.05) is 12.2 Å². The third-order valence-corrected chi connectivity index (χ3v) is 17.4. The minimum absolute atomic E-state index is 0.0150. The zero-order chi connectivity index (χ0) is 56.8. The van der Waals surface area contributed by atoms with Crippen molar-refractivity contribution < 1.29 is 128 Å².